The Morgan fingerprint density at radius 2 is 2.12 bits per heavy atom. The molecule has 1 aromatic rings. The van der Waals surface area contributed by atoms with Crippen LogP contribution in [0.3, 0.4) is 0 Å². The molecule has 94 valence electrons. The summed E-state index contributed by atoms with van der Waals surface area (Å²) in [5.74, 6) is -0.441. The van der Waals surface area contributed by atoms with Crippen molar-refractivity contribution < 1.29 is 18.3 Å². The van der Waals surface area contributed by atoms with Crippen LogP contribution in [0.25, 0.3) is 0 Å². The minimum absolute atomic E-state index is 0.105. The summed E-state index contributed by atoms with van der Waals surface area (Å²) in [7, 11) is -3.38. The largest absolute Gasteiger partial charge is 0.508 e. The van der Waals surface area contributed by atoms with Crippen molar-refractivity contribution in [1.82, 2.24) is 5.32 Å². The summed E-state index contributed by atoms with van der Waals surface area (Å²) in [6.07, 6.45) is 1.02. The summed E-state index contributed by atoms with van der Waals surface area (Å²) in [6, 6.07) is 6.40. The second-order valence-corrected chi connectivity index (χ2v) is 6.23. The summed E-state index contributed by atoms with van der Waals surface area (Å²) in [4.78, 5) is 11.5. The van der Waals surface area contributed by atoms with Crippen molar-refractivity contribution in [2.75, 3.05) is 6.26 Å². The van der Waals surface area contributed by atoms with Gasteiger partial charge in [-0.1, -0.05) is 12.1 Å². The molecule has 0 aliphatic heterocycles. The monoisotopic (exact) mass is 257 g/mol. The molecule has 0 aromatic heterocycles. The number of phenols is 1. The molecule has 0 aliphatic carbocycles. The second-order valence-electron chi connectivity index (χ2n) is 3.86. The standard InChI is InChI=1S/C11H15NO4S/c1-8(17(2,15)16)11(14)12-7-9-4-3-5-10(13)6-9/h3-6,8,13H,7H2,1-2H3,(H,12,14). The van der Waals surface area contributed by atoms with E-state index in [2.05, 4.69) is 5.32 Å². The first-order chi connectivity index (χ1) is 7.80. The van der Waals surface area contributed by atoms with Crippen molar-refractivity contribution in [3.8, 4) is 5.75 Å². The van der Waals surface area contributed by atoms with Crippen molar-refractivity contribution in [3.63, 3.8) is 0 Å². The van der Waals surface area contributed by atoms with Gasteiger partial charge in [-0.15, -0.1) is 0 Å². The van der Waals surface area contributed by atoms with Gasteiger partial charge >= 0.3 is 0 Å². The molecule has 1 amide bonds. The molecular weight excluding hydrogens is 242 g/mol. The topological polar surface area (TPSA) is 83.5 Å². The Balaban J connectivity index is 2.60. The number of carbonyl (C=O) groups is 1. The highest BCUT2D eigenvalue weighted by molar-refractivity contribution is 7.92. The van der Waals surface area contributed by atoms with Gasteiger partial charge < -0.3 is 10.4 Å². The number of hydrogen-bond donors (Lipinski definition) is 2. The van der Waals surface area contributed by atoms with E-state index in [1.54, 1.807) is 12.1 Å². The van der Waals surface area contributed by atoms with Crippen LogP contribution in [0.1, 0.15) is 12.5 Å². The van der Waals surface area contributed by atoms with E-state index in [9.17, 15) is 18.3 Å². The predicted molar refractivity (Wildman–Crippen MR) is 64.3 cm³/mol. The van der Waals surface area contributed by atoms with Gasteiger partial charge in [0.2, 0.25) is 5.91 Å². The molecule has 0 aliphatic rings. The highest BCUT2D eigenvalue weighted by Gasteiger charge is 2.22. The first-order valence-electron chi connectivity index (χ1n) is 5.05. The maximum Gasteiger partial charge on any atom is 0.238 e. The van der Waals surface area contributed by atoms with Crippen molar-refractivity contribution in [3.05, 3.63) is 29.8 Å². The summed E-state index contributed by atoms with van der Waals surface area (Å²) in [5, 5.41) is 10.6. The summed E-state index contributed by atoms with van der Waals surface area (Å²) >= 11 is 0. The van der Waals surface area contributed by atoms with Gasteiger partial charge in [0.15, 0.2) is 9.84 Å². The molecule has 1 aromatic carbocycles. The molecule has 0 saturated carbocycles. The molecule has 0 bridgehead atoms. The lowest BCUT2D eigenvalue weighted by Crippen LogP contribution is -2.36. The lowest BCUT2D eigenvalue weighted by molar-refractivity contribution is -0.120. The van der Waals surface area contributed by atoms with E-state index in [0.717, 1.165) is 6.26 Å². The Morgan fingerprint density at radius 1 is 1.47 bits per heavy atom. The van der Waals surface area contributed by atoms with Gasteiger partial charge in [0.25, 0.3) is 0 Å². The lowest BCUT2D eigenvalue weighted by atomic mass is 10.2. The minimum Gasteiger partial charge on any atom is -0.508 e. The number of phenolic OH excluding ortho intramolecular Hbond substituents is 1. The van der Waals surface area contributed by atoms with Gasteiger partial charge in [0.05, 0.1) is 0 Å². The van der Waals surface area contributed by atoms with Crippen LogP contribution in [0, 0.1) is 0 Å². The molecule has 0 saturated heterocycles. The molecule has 0 fully saturated rings. The van der Waals surface area contributed by atoms with Gasteiger partial charge in [-0.2, -0.15) is 0 Å². The zero-order valence-corrected chi connectivity index (χ0v) is 10.5. The minimum atomic E-state index is -3.38. The van der Waals surface area contributed by atoms with E-state index >= 15 is 0 Å². The third-order valence-electron chi connectivity index (χ3n) is 2.39. The average molecular weight is 257 g/mol. The van der Waals surface area contributed by atoms with Crippen molar-refractivity contribution in [1.29, 1.82) is 0 Å². The van der Waals surface area contributed by atoms with E-state index < -0.39 is 21.0 Å². The average Bonchev–Trinajstić information content (AvgIpc) is 2.23. The van der Waals surface area contributed by atoms with Crippen molar-refractivity contribution in [2.24, 2.45) is 0 Å². The fourth-order valence-electron chi connectivity index (χ4n) is 1.19. The molecule has 17 heavy (non-hydrogen) atoms. The second kappa shape index (κ2) is 5.18. The fourth-order valence-corrected chi connectivity index (χ4v) is 1.67. The Kier molecular flexibility index (Phi) is 4.11. The highest BCUT2D eigenvalue weighted by Crippen LogP contribution is 2.10. The van der Waals surface area contributed by atoms with E-state index in [-0.39, 0.29) is 12.3 Å². The van der Waals surface area contributed by atoms with Crippen molar-refractivity contribution in [2.45, 2.75) is 18.7 Å². The third kappa shape index (κ3) is 4.07. The van der Waals surface area contributed by atoms with Crippen molar-refractivity contribution >= 4 is 15.7 Å². The normalized spacial score (nSPS) is 13.1. The molecule has 0 radical (unpaired) electrons. The van der Waals surface area contributed by atoms with Crippen LogP contribution in [-0.2, 0) is 21.2 Å². The van der Waals surface area contributed by atoms with Crippen LogP contribution in [0.4, 0.5) is 0 Å². The van der Waals surface area contributed by atoms with Crippen LogP contribution in [0.2, 0.25) is 0 Å². The number of aromatic hydroxyl groups is 1. The van der Waals surface area contributed by atoms with E-state index in [0.29, 0.717) is 5.56 Å². The predicted octanol–water partition coefficient (Wildman–Crippen LogP) is 0.441. The molecule has 1 rings (SSSR count). The lowest BCUT2D eigenvalue weighted by Gasteiger charge is -2.10. The number of rotatable bonds is 4. The Bertz CT molecular complexity index is 510. The van der Waals surface area contributed by atoms with Crippen LogP contribution in [-0.4, -0.2) is 30.9 Å². The van der Waals surface area contributed by atoms with Crippen LogP contribution in [0.15, 0.2) is 24.3 Å². The smallest absolute Gasteiger partial charge is 0.238 e. The number of carbonyl (C=O) groups excluding carboxylic acids is 1. The molecular formula is C11H15NO4S. The third-order valence-corrected chi connectivity index (χ3v) is 3.89. The first kappa shape index (κ1) is 13.5. The van der Waals surface area contributed by atoms with Crippen LogP contribution >= 0.6 is 0 Å². The number of benzene rings is 1. The van der Waals surface area contributed by atoms with Gasteiger partial charge in [0, 0.05) is 12.8 Å². The maximum atomic E-state index is 11.5. The zero-order chi connectivity index (χ0) is 13.1. The summed E-state index contributed by atoms with van der Waals surface area (Å²) in [5.41, 5.74) is 0.707. The molecule has 6 heteroatoms. The fraction of sp³-hybridized carbons (Fsp3) is 0.364. The van der Waals surface area contributed by atoms with Crippen LogP contribution in [0.5, 0.6) is 5.75 Å². The number of amides is 1. The Labute approximate surface area is 100 Å². The van der Waals surface area contributed by atoms with Gasteiger partial charge in [-0.05, 0) is 24.6 Å². The van der Waals surface area contributed by atoms with E-state index in [1.165, 1.54) is 19.1 Å². The molecule has 1 atom stereocenters. The van der Waals surface area contributed by atoms with Gasteiger partial charge in [-0.25, -0.2) is 8.42 Å². The zero-order valence-electron chi connectivity index (χ0n) is 9.67. The molecule has 0 spiro atoms. The quantitative estimate of drug-likeness (QED) is 0.820. The maximum absolute atomic E-state index is 11.5. The Hall–Kier alpha value is -1.56. The SMILES string of the molecule is CC(C(=O)NCc1cccc(O)c1)S(C)(=O)=O. The van der Waals surface area contributed by atoms with E-state index in [1.807, 2.05) is 0 Å². The molecule has 2 N–H and O–H groups in total. The van der Waals surface area contributed by atoms with Gasteiger partial charge in [0.1, 0.15) is 11.0 Å². The van der Waals surface area contributed by atoms with Crippen LogP contribution < -0.4 is 5.32 Å². The van der Waals surface area contributed by atoms with Gasteiger partial charge in [-0.3, -0.25) is 4.79 Å². The summed E-state index contributed by atoms with van der Waals surface area (Å²) < 4.78 is 22.3. The molecule has 1 unspecified atom stereocenters. The number of sulfone groups is 1. The number of nitrogens with one attached hydrogen (secondary N) is 1. The van der Waals surface area contributed by atoms with E-state index in [4.69, 9.17) is 0 Å². The number of hydrogen-bond acceptors (Lipinski definition) is 4. The Morgan fingerprint density at radius 3 is 2.65 bits per heavy atom. The molecule has 0 heterocycles. The first-order valence-corrected chi connectivity index (χ1v) is 7.00. The molecule has 5 nitrogen and oxygen atoms in total. The summed E-state index contributed by atoms with van der Waals surface area (Å²) in [6.45, 7) is 1.53. The highest BCUT2D eigenvalue weighted by atomic mass is 32.2.